The Bertz CT molecular complexity index is 914. The van der Waals surface area contributed by atoms with Gasteiger partial charge in [-0.1, -0.05) is 25.9 Å². The molecule has 0 unspecified atom stereocenters. The topological polar surface area (TPSA) is 80.8 Å². The first kappa shape index (κ1) is 18.9. The highest BCUT2D eigenvalue weighted by Gasteiger charge is 2.16. The van der Waals surface area contributed by atoms with E-state index in [0.717, 1.165) is 35.6 Å². The van der Waals surface area contributed by atoms with Crippen molar-refractivity contribution in [3.63, 3.8) is 0 Å². The molecule has 0 fully saturated rings. The Balaban J connectivity index is 1.97. The number of pyridine rings is 1. The molecule has 0 saturated carbocycles. The molecule has 0 bridgehead atoms. The first-order valence-electron chi connectivity index (χ1n) is 9.24. The van der Waals surface area contributed by atoms with Crippen molar-refractivity contribution >= 4 is 5.95 Å². The van der Waals surface area contributed by atoms with Crippen molar-refractivity contribution in [3.8, 4) is 23.0 Å². The molecule has 3 aromatic heterocycles. The summed E-state index contributed by atoms with van der Waals surface area (Å²) in [6.45, 7) is 11.2. The third-order valence-electron chi connectivity index (χ3n) is 4.09. The van der Waals surface area contributed by atoms with Gasteiger partial charge in [-0.3, -0.25) is 4.98 Å². The largest absolute Gasteiger partial charge is 0.344 e. The quantitative estimate of drug-likeness (QED) is 0.655. The summed E-state index contributed by atoms with van der Waals surface area (Å²) in [5.74, 6) is 2.12. The van der Waals surface area contributed by atoms with E-state index in [0.29, 0.717) is 29.3 Å². The molecule has 3 heterocycles. The molecule has 0 radical (unpaired) electrons. The summed E-state index contributed by atoms with van der Waals surface area (Å²) in [7, 11) is 2.00. The van der Waals surface area contributed by atoms with Gasteiger partial charge in [-0.2, -0.15) is 4.98 Å². The van der Waals surface area contributed by atoms with Crippen LogP contribution < -0.4 is 4.90 Å². The average Bonchev–Trinajstić information content (AvgIpc) is 3.10. The summed E-state index contributed by atoms with van der Waals surface area (Å²) >= 11 is 0. The molecule has 27 heavy (non-hydrogen) atoms. The average molecular weight is 366 g/mol. The Morgan fingerprint density at radius 1 is 1.00 bits per heavy atom. The molecule has 7 nitrogen and oxygen atoms in total. The van der Waals surface area contributed by atoms with Crippen LogP contribution in [0.5, 0.6) is 0 Å². The second-order valence-corrected chi connectivity index (χ2v) is 7.23. The summed E-state index contributed by atoms with van der Waals surface area (Å²) in [6.07, 6.45) is 0.807. The van der Waals surface area contributed by atoms with Crippen molar-refractivity contribution in [3.05, 3.63) is 35.3 Å². The van der Waals surface area contributed by atoms with Gasteiger partial charge in [-0.05, 0) is 44.4 Å². The Morgan fingerprint density at radius 2 is 1.70 bits per heavy atom. The van der Waals surface area contributed by atoms with Crippen molar-refractivity contribution < 1.29 is 4.52 Å². The maximum absolute atomic E-state index is 5.51. The molecule has 3 rings (SSSR count). The van der Waals surface area contributed by atoms with Gasteiger partial charge in [0.25, 0.3) is 5.89 Å². The van der Waals surface area contributed by atoms with E-state index in [9.17, 15) is 0 Å². The lowest BCUT2D eigenvalue weighted by atomic mass is 10.2. The van der Waals surface area contributed by atoms with Gasteiger partial charge in [0, 0.05) is 36.2 Å². The van der Waals surface area contributed by atoms with Gasteiger partial charge in [0.2, 0.25) is 11.8 Å². The second-order valence-electron chi connectivity index (χ2n) is 7.23. The highest BCUT2D eigenvalue weighted by Crippen LogP contribution is 2.24. The molecular weight excluding hydrogens is 340 g/mol. The van der Waals surface area contributed by atoms with Crippen molar-refractivity contribution in [2.24, 2.45) is 5.92 Å². The number of anilines is 1. The van der Waals surface area contributed by atoms with E-state index in [2.05, 4.69) is 50.8 Å². The fourth-order valence-electron chi connectivity index (χ4n) is 2.98. The van der Waals surface area contributed by atoms with Crippen LogP contribution in [0.4, 0.5) is 5.95 Å². The van der Waals surface area contributed by atoms with Crippen molar-refractivity contribution in [1.82, 2.24) is 25.1 Å². The van der Waals surface area contributed by atoms with Gasteiger partial charge in [0.15, 0.2) is 0 Å². The van der Waals surface area contributed by atoms with E-state index >= 15 is 0 Å². The molecule has 0 aliphatic heterocycles. The number of hydrogen-bond acceptors (Lipinski definition) is 7. The first-order chi connectivity index (χ1) is 12.9. The van der Waals surface area contributed by atoms with Crippen LogP contribution in [0.2, 0.25) is 0 Å². The van der Waals surface area contributed by atoms with E-state index in [-0.39, 0.29) is 0 Å². The van der Waals surface area contributed by atoms with Gasteiger partial charge >= 0.3 is 0 Å². The van der Waals surface area contributed by atoms with E-state index in [1.54, 1.807) is 0 Å². The fraction of sp³-hybridized carbons (Fsp3) is 0.450. The van der Waals surface area contributed by atoms with E-state index in [1.807, 2.05) is 39.1 Å². The lowest BCUT2D eigenvalue weighted by molar-refractivity contribution is 0.431. The number of nitrogens with zero attached hydrogens (tertiary/aromatic N) is 6. The molecular formula is C20H26N6O. The summed E-state index contributed by atoms with van der Waals surface area (Å²) in [6, 6.07) is 5.80. The van der Waals surface area contributed by atoms with Crippen LogP contribution >= 0.6 is 0 Å². The zero-order valence-corrected chi connectivity index (χ0v) is 16.8. The minimum absolute atomic E-state index is 0.397. The molecule has 0 aliphatic rings. The van der Waals surface area contributed by atoms with Crippen LogP contribution in [0.25, 0.3) is 23.0 Å². The van der Waals surface area contributed by atoms with Crippen LogP contribution in [0.1, 0.15) is 37.9 Å². The minimum Gasteiger partial charge on any atom is -0.344 e. The molecule has 0 N–H and O–H groups in total. The molecule has 0 spiro atoms. The van der Waals surface area contributed by atoms with Gasteiger partial charge in [-0.15, -0.1) is 0 Å². The molecule has 3 aromatic rings. The van der Waals surface area contributed by atoms with Crippen LogP contribution in [0.15, 0.2) is 22.7 Å². The van der Waals surface area contributed by atoms with Gasteiger partial charge in [0.1, 0.15) is 5.69 Å². The zero-order chi connectivity index (χ0) is 19.6. The molecule has 0 saturated heterocycles. The summed E-state index contributed by atoms with van der Waals surface area (Å²) in [5.41, 5.74) is 4.32. The summed E-state index contributed by atoms with van der Waals surface area (Å²) in [4.78, 5) is 20.3. The van der Waals surface area contributed by atoms with Crippen LogP contribution in [-0.4, -0.2) is 38.7 Å². The smallest absolute Gasteiger partial charge is 0.277 e. The van der Waals surface area contributed by atoms with E-state index in [1.165, 1.54) is 0 Å². The Hall–Kier alpha value is -2.83. The monoisotopic (exact) mass is 366 g/mol. The maximum atomic E-state index is 5.51. The lowest BCUT2D eigenvalue weighted by Gasteiger charge is -2.20. The third-order valence-corrected chi connectivity index (χ3v) is 4.09. The fourth-order valence-corrected chi connectivity index (χ4v) is 2.98. The highest BCUT2D eigenvalue weighted by atomic mass is 16.5. The summed E-state index contributed by atoms with van der Waals surface area (Å²) < 4.78 is 5.51. The number of rotatable bonds is 6. The lowest BCUT2D eigenvalue weighted by Crippen LogP contribution is -2.25. The Labute approximate surface area is 159 Å². The molecule has 142 valence electrons. The van der Waals surface area contributed by atoms with Gasteiger partial charge < -0.3 is 9.42 Å². The maximum Gasteiger partial charge on any atom is 0.277 e. The first-order valence-corrected chi connectivity index (χ1v) is 9.24. The number of aryl methyl sites for hydroxylation is 3. The normalized spacial score (nSPS) is 11.2. The second kappa shape index (κ2) is 7.82. The standard InChI is InChI=1S/C20H26N6O/c1-7-16-10-17(23-20(22-16)26(6)11-12(2)3)19-24-18(25-27-19)15-8-13(4)21-14(5)9-15/h8-10,12H,7,11H2,1-6H3. The summed E-state index contributed by atoms with van der Waals surface area (Å²) in [5, 5.41) is 4.14. The molecule has 0 atom stereocenters. The Morgan fingerprint density at radius 3 is 2.33 bits per heavy atom. The Kier molecular flexibility index (Phi) is 5.48. The molecule has 0 amide bonds. The zero-order valence-electron chi connectivity index (χ0n) is 16.8. The molecule has 0 aromatic carbocycles. The van der Waals surface area contributed by atoms with Crippen molar-refractivity contribution in [2.45, 2.75) is 41.0 Å². The van der Waals surface area contributed by atoms with E-state index < -0.39 is 0 Å². The minimum atomic E-state index is 0.397. The van der Waals surface area contributed by atoms with Crippen LogP contribution in [0.3, 0.4) is 0 Å². The van der Waals surface area contributed by atoms with Gasteiger partial charge in [-0.25, -0.2) is 9.97 Å². The van der Waals surface area contributed by atoms with Gasteiger partial charge in [0.05, 0.1) is 0 Å². The van der Waals surface area contributed by atoms with Crippen LogP contribution in [0, 0.1) is 19.8 Å². The third kappa shape index (κ3) is 4.48. The number of aromatic nitrogens is 5. The highest BCUT2D eigenvalue weighted by molar-refractivity contribution is 5.59. The van der Waals surface area contributed by atoms with Crippen LogP contribution in [-0.2, 0) is 6.42 Å². The predicted octanol–water partition coefficient (Wildman–Crippen LogP) is 3.86. The van der Waals surface area contributed by atoms with Crippen molar-refractivity contribution in [2.75, 3.05) is 18.5 Å². The SMILES string of the molecule is CCc1cc(-c2nc(-c3cc(C)nc(C)c3)no2)nc(N(C)CC(C)C)n1. The number of hydrogen-bond donors (Lipinski definition) is 0. The van der Waals surface area contributed by atoms with E-state index in [4.69, 9.17) is 4.52 Å². The molecule has 0 aliphatic carbocycles. The van der Waals surface area contributed by atoms with Crippen molar-refractivity contribution in [1.29, 1.82) is 0 Å². The predicted molar refractivity (Wildman–Crippen MR) is 106 cm³/mol. The molecule has 7 heteroatoms.